The molecule has 6 aromatic carbocycles. The first-order valence-corrected chi connectivity index (χ1v) is 41.3. The zero-order chi connectivity index (χ0) is 90.7. The number of hydrogen-bond acceptors (Lipinski definition) is 22. The topological polar surface area (TPSA) is 426 Å². The third-order valence-corrected chi connectivity index (χ3v) is 21.5. The van der Waals surface area contributed by atoms with Crippen molar-refractivity contribution in [3.05, 3.63) is 233 Å². The second-order valence-electron chi connectivity index (χ2n) is 33.3. The molecule has 0 saturated heterocycles. The van der Waals surface area contributed by atoms with Gasteiger partial charge in [-0.3, -0.25) is 19.2 Å². The second kappa shape index (κ2) is 38.3. The average Bonchev–Trinajstić information content (AvgIpc) is 1.62. The van der Waals surface area contributed by atoms with Gasteiger partial charge in [0.15, 0.2) is 22.6 Å². The van der Waals surface area contributed by atoms with Crippen LogP contribution in [0.3, 0.4) is 0 Å². The SMILES string of the molecule is C#Cc1cccc(C(=O)NCC(C)(C)n2nc(-c3ccc(C)cc3)c3c(N)ncnc32)c1.CC(=O)CCCC(=O)NCC(C)(C)n1nc(-c2ccc(C)cc2)c2c(N)ncnc21.CCOc1ccc(C(=O)NCC(C)(C)n2nc(-c3ccc(C)cc3)c3c(N)ncnc32)cc1Cl.Cc1ccc(-c2nn(C(C)(C)CNC(=O)c3cccn3C)c3ncnc(N)c23)cc1. The predicted molar refractivity (Wildman–Crippen MR) is 494 cm³/mol. The number of nitrogens with two attached hydrogens (primary N) is 4. The molecule has 0 aliphatic carbocycles. The van der Waals surface area contributed by atoms with Crippen LogP contribution in [0, 0.1) is 40.0 Å². The van der Waals surface area contributed by atoms with Crippen LogP contribution >= 0.6 is 11.6 Å². The number of terminal acetylenes is 1. The molecule has 126 heavy (non-hydrogen) atoms. The standard InChI is InChI=1S/C25H27ClN6O2.C25H24N6O.C22H25N7O.C22H28N6O2/c1-5-34-19-11-10-17(12-18(19)26)24(33)28-13-25(3,4)32-23-20(22(27)29-14-30-23)21(31-32)16-8-6-15(2)7-9-16;1-5-17-7-6-8-19(13-17)24(32)27-14-25(3,4)31-23-20(22(26)28-15-29-23)21(30-31)18-11-9-16(2)10-12-18;1-14-7-9-15(10-8-14)18-17-19(23)25-13-26-20(17)29(27-18)22(2,3)12-24-21(30)16-6-5-11-28(16)4;1-14-8-10-16(11-9-14)19-18-20(23)25-13-26-21(18)28(27-19)22(3,4)12-24-17(30)7-5-6-15(2)29/h6-12,14H,5,13H2,1-4H3,(H,28,33)(H2,27,29,30);1,6-13,15H,14H2,2-4H3,(H,27,32)(H2,26,28,29);5-11,13H,12H2,1-4H3,(H,24,30)(H2,23,25,26);8-11,13H,5-7,12H2,1-4H3,(H,24,30)(H2,23,25,26). The Bertz CT molecular complexity index is 6550. The summed E-state index contributed by atoms with van der Waals surface area (Å²) in [6, 6.07) is 47.8. The Hall–Kier alpha value is -14.8. The fourth-order valence-electron chi connectivity index (χ4n) is 14.0. The van der Waals surface area contributed by atoms with Gasteiger partial charge in [0, 0.05) is 91.2 Å². The summed E-state index contributed by atoms with van der Waals surface area (Å²) in [5.41, 5.74) is 38.4. The number of halogens is 1. The van der Waals surface area contributed by atoms with Crippen molar-refractivity contribution >= 4 is 108 Å². The molecule has 9 heterocycles. The first kappa shape index (κ1) is 90.4. The summed E-state index contributed by atoms with van der Waals surface area (Å²) >= 11 is 6.24. The number of aryl methyl sites for hydroxylation is 5. The number of hydrogen-bond donors (Lipinski definition) is 8. The van der Waals surface area contributed by atoms with Crippen LogP contribution in [0.25, 0.3) is 89.2 Å². The quantitative estimate of drug-likeness (QED) is 0.0246. The van der Waals surface area contributed by atoms with Crippen LogP contribution in [-0.4, -0.2) is 146 Å². The molecule has 648 valence electrons. The summed E-state index contributed by atoms with van der Waals surface area (Å²) in [6.45, 7) is 29.2. The summed E-state index contributed by atoms with van der Waals surface area (Å²) in [6.07, 6.45) is 14.3. The fourth-order valence-corrected chi connectivity index (χ4v) is 14.2. The number of carbonyl (C=O) groups excluding carboxylic acids is 5. The van der Waals surface area contributed by atoms with Gasteiger partial charge in [-0.2, -0.15) is 20.4 Å². The van der Waals surface area contributed by atoms with Gasteiger partial charge in [-0.15, -0.1) is 6.42 Å². The van der Waals surface area contributed by atoms with Crippen LogP contribution < -0.4 is 48.9 Å². The number of fused-ring (bicyclic) bond motifs is 4. The molecule has 31 nitrogen and oxygen atoms in total. The van der Waals surface area contributed by atoms with E-state index in [9.17, 15) is 24.0 Å². The molecule has 0 bridgehead atoms. The molecule has 0 atom stereocenters. The number of nitrogens with zero attached hydrogens (tertiary/aromatic N) is 17. The molecule has 0 aliphatic rings. The van der Waals surface area contributed by atoms with Crippen molar-refractivity contribution in [2.75, 3.05) is 55.7 Å². The number of carbonyl (C=O) groups is 5. The van der Waals surface area contributed by atoms with Gasteiger partial charge < -0.3 is 58.3 Å². The lowest BCUT2D eigenvalue weighted by Gasteiger charge is -2.26. The maximum absolute atomic E-state index is 12.8. The average molecular weight is 1720 g/mol. The maximum Gasteiger partial charge on any atom is 0.267 e. The number of aromatic nitrogens is 17. The third kappa shape index (κ3) is 20.6. The first-order valence-electron chi connectivity index (χ1n) is 41.0. The van der Waals surface area contributed by atoms with Crippen molar-refractivity contribution in [2.24, 2.45) is 7.05 Å². The Morgan fingerprint density at radius 1 is 0.437 bits per heavy atom. The number of amides is 4. The summed E-state index contributed by atoms with van der Waals surface area (Å²) in [7, 11) is 1.84. The van der Waals surface area contributed by atoms with E-state index in [0.29, 0.717) is 170 Å². The largest absolute Gasteiger partial charge is 0.492 e. The van der Waals surface area contributed by atoms with E-state index in [-0.39, 0.29) is 29.4 Å². The minimum absolute atomic E-state index is 0.0892. The zero-order valence-electron chi connectivity index (χ0n) is 73.3. The van der Waals surface area contributed by atoms with Crippen LogP contribution in [0.2, 0.25) is 5.02 Å². The normalized spacial score (nSPS) is 11.5. The third-order valence-electron chi connectivity index (χ3n) is 21.2. The van der Waals surface area contributed by atoms with Gasteiger partial charge >= 0.3 is 0 Å². The second-order valence-corrected chi connectivity index (χ2v) is 33.7. The molecule has 9 aromatic heterocycles. The summed E-state index contributed by atoms with van der Waals surface area (Å²) in [5.74, 6) is 3.97. The number of Topliss-reactive ketones (excluding diaryl/α,β-unsaturated/α-hetero) is 1. The Kier molecular flexibility index (Phi) is 27.5. The van der Waals surface area contributed by atoms with Crippen molar-refractivity contribution in [1.29, 1.82) is 0 Å². The van der Waals surface area contributed by atoms with E-state index in [1.165, 1.54) is 32.2 Å². The maximum atomic E-state index is 12.8. The number of ether oxygens (including phenoxy) is 1. The number of ketones is 1. The van der Waals surface area contributed by atoms with Gasteiger partial charge in [-0.1, -0.05) is 143 Å². The van der Waals surface area contributed by atoms with E-state index >= 15 is 0 Å². The summed E-state index contributed by atoms with van der Waals surface area (Å²) < 4.78 is 14.4. The highest BCUT2D eigenvalue weighted by Gasteiger charge is 2.34. The van der Waals surface area contributed by atoms with E-state index in [2.05, 4.69) is 67.1 Å². The van der Waals surface area contributed by atoms with Gasteiger partial charge in [0.05, 0.1) is 55.3 Å². The molecule has 4 amide bonds. The molecule has 12 N–H and O–H groups in total. The van der Waals surface area contributed by atoms with Crippen molar-refractivity contribution in [3.8, 4) is 63.1 Å². The van der Waals surface area contributed by atoms with Crippen molar-refractivity contribution < 1.29 is 28.7 Å². The molecule has 32 heteroatoms. The highest BCUT2D eigenvalue weighted by molar-refractivity contribution is 6.32. The molecular formula is C94H104ClN25O6. The zero-order valence-corrected chi connectivity index (χ0v) is 74.1. The monoisotopic (exact) mass is 1710 g/mol. The lowest BCUT2D eigenvalue weighted by atomic mass is 10.1. The number of nitrogen functional groups attached to an aromatic ring is 4. The lowest BCUT2D eigenvalue weighted by molar-refractivity contribution is -0.121. The van der Waals surface area contributed by atoms with E-state index in [4.69, 9.17) is 66.1 Å². The van der Waals surface area contributed by atoms with Crippen LogP contribution in [0.1, 0.15) is 148 Å². The molecule has 15 rings (SSSR count). The molecule has 15 aromatic rings. The van der Waals surface area contributed by atoms with E-state index < -0.39 is 22.2 Å². The number of anilines is 4. The Balaban J connectivity index is 0.000000153. The fraction of sp³-hybridized carbons (Fsp3) is 0.287. The Labute approximate surface area is 735 Å². The Morgan fingerprint density at radius 3 is 1.10 bits per heavy atom. The highest BCUT2D eigenvalue weighted by atomic mass is 35.5. The van der Waals surface area contributed by atoms with E-state index in [1.807, 2.05) is 211 Å². The molecule has 0 radical (unpaired) electrons. The molecule has 0 saturated carbocycles. The van der Waals surface area contributed by atoms with Crippen molar-refractivity contribution in [3.63, 3.8) is 0 Å². The molecular weight excluding hydrogens is 1610 g/mol. The predicted octanol–water partition coefficient (Wildman–Crippen LogP) is 14.0. The lowest BCUT2D eigenvalue weighted by Crippen LogP contribution is -2.41. The smallest absolute Gasteiger partial charge is 0.267 e. The number of rotatable bonds is 25. The van der Waals surface area contributed by atoms with Gasteiger partial charge in [-0.25, -0.2) is 58.6 Å². The first-order chi connectivity index (χ1) is 60.0. The van der Waals surface area contributed by atoms with Crippen LogP contribution in [-0.2, 0) is 38.8 Å². The molecule has 0 unspecified atom stereocenters. The highest BCUT2D eigenvalue weighted by Crippen LogP contribution is 2.39. The van der Waals surface area contributed by atoms with Gasteiger partial charge in [0.2, 0.25) is 5.91 Å². The summed E-state index contributed by atoms with van der Waals surface area (Å²) in [5, 5.41) is 34.5. The number of nitrogens with one attached hydrogen (secondary N) is 4. The minimum atomic E-state index is -0.618. The van der Waals surface area contributed by atoms with Crippen LogP contribution in [0.4, 0.5) is 23.3 Å². The molecule has 0 aliphatic heterocycles. The molecule has 0 fully saturated rings. The van der Waals surface area contributed by atoms with Gasteiger partial charge in [0.25, 0.3) is 17.7 Å². The van der Waals surface area contributed by atoms with Gasteiger partial charge in [0.1, 0.15) is 88.6 Å². The Morgan fingerprint density at radius 2 is 0.778 bits per heavy atom. The van der Waals surface area contributed by atoms with E-state index in [1.54, 1.807) is 67.1 Å². The minimum Gasteiger partial charge on any atom is -0.492 e. The van der Waals surface area contributed by atoms with E-state index in [0.717, 1.165) is 50.2 Å². The van der Waals surface area contributed by atoms with Crippen LogP contribution in [0.15, 0.2) is 183 Å². The number of benzene rings is 6. The van der Waals surface area contributed by atoms with Gasteiger partial charge in [-0.05, 0) is 152 Å². The van der Waals surface area contributed by atoms with Crippen molar-refractivity contribution in [2.45, 2.75) is 138 Å². The molecule has 0 spiro atoms. The van der Waals surface area contributed by atoms with Crippen LogP contribution in [0.5, 0.6) is 5.75 Å². The van der Waals surface area contributed by atoms with Crippen molar-refractivity contribution in [1.82, 2.24) is 105 Å². The summed E-state index contributed by atoms with van der Waals surface area (Å²) in [4.78, 5) is 95.8.